The molecule has 0 atom stereocenters. The zero-order chi connectivity index (χ0) is 11.4. The molecule has 16 heavy (non-hydrogen) atoms. The first-order valence-corrected chi connectivity index (χ1v) is 6.20. The van der Waals surface area contributed by atoms with E-state index in [1.54, 1.807) is 0 Å². The van der Waals surface area contributed by atoms with Crippen LogP contribution in [0.25, 0.3) is 0 Å². The minimum absolute atomic E-state index is 0.231. The summed E-state index contributed by atoms with van der Waals surface area (Å²) in [5, 5.41) is 12.2. The van der Waals surface area contributed by atoms with Crippen LogP contribution in [-0.4, -0.2) is 31.9 Å². The number of hydrazine groups is 1. The van der Waals surface area contributed by atoms with Crippen molar-refractivity contribution < 1.29 is 4.79 Å². The molecule has 88 valence electrons. The maximum atomic E-state index is 11.0. The van der Waals surface area contributed by atoms with Gasteiger partial charge in [0.15, 0.2) is 0 Å². The highest BCUT2D eigenvalue weighted by Gasteiger charge is 2.21. The Morgan fingerprint density at radius 1 is 1.56 bits per heavy atom. The van der Waals surface area contributed by atoms with Crippen LogP contribution in [0.15, 0.2) is 5.16 Å². The van der Waals surface area contributed by atoms with E-state index < -0.39 is 0 Å². The van der Waals surface area contributed by atoms with Gasteiger partial charge in [-0.1, -0.05) is 24.6 Å². The van der Waals surface area contributed by atoms with E-state index in [2.05, 4.69) is 21.0 Å². The van der Waals surface area contributed by atoms with Crippen LogP contribution >= 0.6 is 11.8 Å². The van der Waals surface area contributed by atoms with Gasteiger partial charge in [0.1, 0.15) is 0 Å². The van der Waals surface area contributed by atoms with Crippen LogP contribution in [0.5, 0.6) is 0 Å². The number of carbonyl (C=O) groups excluding carboxylic acids is 1. The number of nitrogens with one attached hydrogen (secondary N) is 1. The normalized spacial score (nSPS) is 16.6. The van der Waals surface area contributed by atoms with E-state index in [0.717, 1.165) is 12.8 Å². The molecular weight excluding hydrogens is 228 g/mol. The smallest absolute Gasteiger partial charge is 0.244 e. The third-order valence-electron chi connectivity index (χ3n) is 2.63. The van der Waals surface area contributed by atoms with E-state index in [4.69, 9.17) is 5.84 Å². The van der Waals surface area contributed by atoms with E-state index in [9.17, 15) is 4.79 Å². The van der Waals surface area contributed by atoms with Crippen molar-refractivity contribution in [1.29, 1.82) is 0 Å². The molecule has 1 saturated carbocycles. The summed E-state index contributed by atoms with van der Waals surface area (Å²) in [4.78, 5) is 11.0. The standard InChI is InChI=1S/C8H14N6OS/c9-10-7(15)5-16-8-11-12-13-14(8)6-3-1-2-4-6/h6H,1-5,9H2,(H,10,15). The maximum Gasteiger partial charge on any atom is 0.244 e. The first-order valence-electron chi connectivity index (χ1n) is 5.21. The van der Waals surface area contributed by atoms with Gasteiger partial charge in [0.2, 0.25) is 11.1 Å². The Kier molecular flexibility index (Phi) is 3.73. The summed E-state index contributed by atoms with van der Waals surface area (Å²) in [6.07, 6.45) is 4.67. The van der Waals surface area contributed by atoms with Crippen LogP contribution in [0, 0.1) is 0 Å². The van der Waals surface area contributed by atoms with E-state index in [0.29, 0.717) is 11.2 Å². The number of thioether (sulfide) groups is 1. The number of rotatable bonds is 4. The van der Waals surface area contributed by atoms with Crippen LogP contribution in [0.3, 0.4) is 0 Å². The summed E-state index contributed by atoms with van der Waals surface area (Å²) in [7, 11) is 0. The lowest BCUT2D eigenvalue weighted by Crippen LogP contribution is -2.31. The number of nitrogens with two attached hydrogens (primary N) is 1. The van der Waals surface area contributed by atoms with Crippen molar-refractivity contribution in [1.82, 2.24) is 25.6 Å². The predicted octanol–water partition coefficient (Wildman–Crippen LogP) is -0.130. The van der Waals surface area contributed by atoms with Gasteiger partial charge in [0.05, 0.1) is 11.8 Å². The minimum Gasteiger partial charge on any atom is -0.294 e. The number of nitrogens with zero attached hydrogens (tertiary/aromatic N) is 4. The molecule has 0 bridgehead atoms. The van der Waals surface area contributed by atoms with Gasteiger partial charge in [-0.25, -0.2) is 10.5 Å². The van der Waals surface area contributed by atoms with Gasteiger partial charge in [0.25, 0.3) is 0 Å². The van der Waals surface area contributed by atoms with Gasteiger partial charge in [-0.2, -0.15) is 0 Å². The Hall–Kier alpha value is -1.15. The SMILES string of the molecule is NNC(=O)CSc1nnnn1C1CCCC1. The number of carbonyl (C=O) groups is 1. The minimum atomic E-state index is -0.231. The van der Waals surface area contributed by atoms with Crippen molar-refractivity contribution in [2.24, 2.45) is 5.84 Å². The molecular formula is C8H14N6OS. The van der Waals surface area contributed by atoms with Crippen molar-refractivity contribution in [2.45, 2.75) is 36.9 Å². The molecule has 1 aliphatic carbocycles. The van der Waals surface area contributed by atoms with Crippen molar-refractivity contribution in [2.75, 3.05) is 5.75 Å². The molecule has 1 fully saturated rings. The second kappa shape index (κ2) is 5.26. The zero-order valence-corrected chi connectivity index (χ0v) is 9.61. The zero-order valence-electron chi connectivity index (χ0n) is 8.80. The second-order valence-electron chi connectivity index (χ2n) is 3.70. The first kappa shape index (κ1) is 11.3. The molecule has 1 aliphatic rings. The van der Waals surface area contributed by atoms with E-state index in [-0.39, 0.29) is 11.7 Å². The lowest BCUT2D eigenvalue weighted by molar-refractivity contribution is -0.118. The Bertz CT molecular complexity index is 361. The molecule has 8 heteroatoms. The Labute approximate surface area is 97.1 Å². The van der Waals surface area contributed by atoms with Crippen LogP contribution < -0.4 is 11.3 Å². The topological polar surface area (TPSA) is 98.7 Å². The summed E-state index contributed by atoms with van der Waals surface area (Å²) in [6.45, 7) is 0. The molecule has 1 amide bonds. The molecule has 3 N–H and O–H groups in total. The monoisotopic (exact) mass is 242 g/mol. The van der Waals surface area contributed by atoms with Gasteiger partial charge < -0.3 is 0 Å². The van der Waals surface area contributed by atoms with E-state index >= 15 is 0 Å². The molecule has 1 aromatic rings. The summed E-state index contributed by atoms with van der Waals surface area (Å²) >= 11 is 1.31. The van der Waals surface area contributed by atoms with Crippen molar-refractivity contribution in [3.05, 3.63) is 0 Å². The molecule has 7 nitrogen and oxygen atoms in total. The van der Waals surface area contributed by atoms with Gasteiger partial charge in [-0.05, 0) is 23.3 Å². The quantitative estimate of drug-likeness (QED) is 0.330. The molecule has 1 aromatic heterocycles. The fourth-order valence-corrected chi connectivity index (χ4v) is 2.59. The third-order valence-corrected chi connectivity index (χ3v) is 3.56. The lowest BCUT2D eigenvalue weighted by Gasteiger charge is -2.10. The highest BCUT2D eigenvalue weighted by molar-refractivity contribution is 7.99. The van der Waals surface area contributed by atoms with Crippen LogP contribution in [0.4, 0.5) is 0 Å². The van der Waals surface area contributed by atoms with Crippen LogP contribution in [0.1, 0.15) is 31.7 Å². The Balaban J connectivity index is 1.98. The number of hydrogen-bond donors (Lipinski definition) is 2. The molecule has 0 aromatic carbocycles. The molecule has 1 heterocycles. The Morgan fingerprint density at radius 3 is 3.00 bits per heavy atom. The first-order chi connectivity index (χ1) is 7.81. The summed E-state index contributed by atoms with van der Waals surface area (Å²) in [5.41, 5.74) is 2.08. The average molecular weight is 242 g/mol. The van der Waals surface area contributed by atoms with Gasteiger partial charge >= 0.3 is 0 Å². The molecule has 0 radical (unpaired) electrons. The summed E-state index contributed by atoms with van der Waals surface area (Å²) in [6, 6.07) is 0.387. The second-order valence-corrected chi connectivity index (χ2v) is 4.64. The lowest BCUT2D eigenvalue weighted by atomic mass is 10.3. The number of amides is 1. The number of aromatic nitrogens is 4. The highest BCUT2D eigenvalue weighted by Crippen LogP contribution is 2.31. The van der Waals surface area contributed by atoms with Crippen LogP contribution in [0.2, 0.25) is 0 Å². The maximum absolute atomic E-state index is 11.0. The summed E-state index contributed by atoms with van der Waals surface area (Å²) < 4.78 is 1.82. The Morgan fingerprint density at radius 2 is 2.31 bits per heavy atom. The molecule has 0 aliphatic heterocycles. The van der Waals surface area contributed by atoms with Gasteiger partial charge in [-0.15, -0.1) is 5.10 Å². The summed E-state index contributed by atoms with van der Waals surface area (Å²) in [5.74, 6) is 5.01. The molecule has 0 saturated heterocycles. The fraction of sp³-hybridized carbons (Fsp3) is 0.750. The average Bonchev–Trinajstić information content (AvgIpc) is 2.95. The van der Waals surface area contributed by atoms with E-state index in [1.165, 1.54) is 24.6 Å². The molecule has 2 rings (SSSR count). The predicted molar refractivity (Wildman–Crippen MR) is 58.4 cm³/mol. The van der Waals surface area contributed by atoms with Gasteiger partial charge in [-0.3, -0.25) is 10.2 Å². The van der Waals surface area contributed by atoms with Crippen molar-refractivity contribution in [3.8, 4) is 0 Å². The van der Waals surface area contributed by atoms with Gasteiger partial charge in [0, 0.05) is 0 Å². The number of hydrogen-bond acceptors (Lipinski definition) is 6. The van der Waals surface area contributed by atoms with Crippen molar-refractivity contribution in [3.63, 3.8) is 0 Å². The third kappa shape index (κ3) is 2.50. The van der Waals surface area contributed by atoms with Crippen molar-refractivity contribution >= 4 is 17.7 Å². The highest BCUT2D eigenvalue weighted by atomic mass is 32.2. The molecule has 0 spiro atoms. The molecule has 0 unspecified atom stereocenters. The van der Waals surface area contributed by atoms with E-state index in [1.807, 2.05) is 4.68 Å². The largest absolute Gasteiger partial charge is 0.294 e. The van der Waals surface area contributed by atoms with Crippen LogP contribution in [-0.2, 0) is 4.79 Å². The fourth-order valence-electron chi connectivity index (χ4n) is 1.83. The number of tetrazole rings is 1.